The maximum absolute atomic E-state index is 14.8. The van der Waals surface area contributed by atoms with E-state index >= 15 is 0 Å². The van der Waals surface area contributed by atoms with Crippen LogP contribution in [0.2, 0.25) is 0 Å². The first-order valence-electron chi connectivity index (χ1n) is 8.90. The maximum atomic E-state index is 14.8. The average molecular weight is 373 g/mol. The number of rotatable bonds is 3. The van der Waals surface area contributed by atoms with E-state index in [0.29, 0.717) is 28.1 Å². The molecule has 3 aromatic carbocycles. The van der Waals surface area contributed by atoms with Gasteiger partial charge in [0.1, 0.15) is 17.3 Å². The first kappa shape index (κ1) is 17.9. The molecule has 0 amide bonds. The first-order valence-corrected chi connectivity index (χ1v) is 8.90. The van der Waals surface area contributed by atoms with Gasteiger partial charge in [-0.2, -0.15) is 0 Å². The number of aromatic nitrogens is 1. The van der Waals surface area contributed by atoms with Crippen molar-refractivity contribution in [2.75, 3.05) is 0 Å². The maximum Gasteiger partial charge on any atom is 0.185 e. The summed E-state index contributed by atoms with van der Waals surface area (Å²) in [6, 6.07) is 23.5. The smallest absolute Gasteiger partial charge is 0.185 e. The minimum atomic E-state index is -0.697. The van der Waals surface area contributed by atoms with E-state index in [1.807, 2.05) is 60.7 Å². The molecule has 0 saturated carbocycles. The summed E-state index contributed by atoms with van der Waals surface area (Å²) in [7, 11) is 0. The van der Waals surface area contributed by atoms with Crippen LogP contribution in [0.5, 0.6) is 0 Å². The topological polar surface area (TPSA) is 22.0 Å². The van der Waals surface area contributed by atoms with Crippen molar-refractivity contribution < 1.29 is 8.78 Å². The lowest BCUT2D eigenvalue weighted by Crippen LogP contribution is -2.17. The molecule has 0 radical (unpaired) electrons. The number of hydrogen-bond donors (Lipinski definition) is 0. The highest BCUT2D eigenvalue weighted by molar-refractivity contribution is 5.73. The first-order chi connectivity index (χ1) is 13.6. The van der Waals surface area contributed by atoms with Crippen molar-refractivity contribution in [3.63, 3.8) is 0 Å². The van der Waals surface area contributed by atoms with Crippen LogP contribution in [0.15, 0.2) is 89.7 Å². The van der Waals surface area contributed by atoms with Gasteiger partial charge in [-0.25, -0.2) is 8.78 Å². The second-order valence-corrected chi connectivity index (χ2v) is 6.51. The number of benzene rings is 3. The van der Waals surface area contributed by atoms with Crippen molar-refractivity contribution in [2.45, 2.75) is 6.92 Å². The Kier molecular flexibility index (Phi) is 4.62. The molecule has 0 unspecified atom stereocenters. The van der Waals surface area contributed by atoms with Crippen LogP contribution in [0, 0.1) is 18.6 Å². The minimum absolute atomic E-state index is 0.189. The summed E-state index contributed by atoms with van der Waals surface area (Å²) in [5.74, 6) is -1.39. The molecule has 4 heteroatoms. The largest absolute Gasteiger partial charge is 0.304 e. The zero-order valence-electron chi connectivity index (χ0n) is 15.2. The van der Waals surface area contributed by atoms with Gasteiger partial charge in [-0.15, -0.1) is 0 Å². The van der Waals surface area contributed by atoms with Gasteiger partial charge in [0, 0.05) is 11.6 Å². The van der Waals surface area contributed by atoms with Crippen molar-refractivity contribution >= 4 is 0 Å². The monoisotopic (exact) mass is 373 g/mol. The van der Waals surface area contributed by atoms with Crippen LogP contribution in [0.4, 0.5) is 8.78 Å². The fourth-order valence-electron chi connectivity index (χ4n) is 3.40. The van der Waals surface area contributed by atoms with E-state index < -0.39 is 11.6 Å². The van der Waals surface area contributed by atoms with Gasteiger partial charge in [-0.1, -0.05) is 66.7 Å². The normalized spacial score (nSPS) is 10.8. The van der Waals surface area contributed by atoms with Gasteiger partial charge >= 0.3 is 0 Å². The summed E-state index contributed by atoms with van der Waals surface area (Å²) < 4.78 is 31.1. The summed E-state index contributed by atoms with van der Waals surface area (Å²) in [6.45, 7) is 1.68. The predicted octanol–water partition coefficient (Wildman–Crippen LogP) is 5.76. The van der Waals surface area contributed by atoms with E-state index in [1.165, 1.54) is 28.8 Å². The SMILES string of the molecule is Cc1c(-c2ccccc2)n(-c2c(F)cccc2F)c(-c2ccccc2)cc1=O. The lowest BCUT2D eigenvalue weighted by atomic mass is 10.0. The molecule has 0 aliphatic heterocycles. The Hall–Kier alpha value is -3.53. The molecular formula is C24H17F2NO. The van der Waals surface area contributed by atoms with Crippen molar-refractivity contribution in [2.24, 2.45) is 0 Å². The predicted molar refractivity (Wildman–Crippen MR) is 108 cm³/mol. The second kappa shape index (κ2) is 7.24. The molecule has 0 fully saturated rings. The van der Waals surface area contributed by atoms with E-state index in [9.17, 15) is 13.6 Å². The number of hydrogen-bond acceptors (Lipinski definition) is 1. The lowest BCUT2D eigenvalue weighted by molar-refractivity contribution is 0.570. The van der Waals surface area contributed by atoms with Crippen LogP contribution < -0.4 is 5.43 Å². The van der Waals surface area contributed by atoms with Gasteiger partial charge in [0.15, 0.2) is 5.43 Å². The van der Waals surface area contributed by atoms with Crippen molar-refractivity contribution in [3.8, 4) is 28.2 Å². The molecule has 4 rings (SSSR count). The lowest BCUT2D eigenvalue weighted by Gasteiger charge is -2.22. The molecular weight excluding hydrogens is 356 g/mol. The van der Waals surface area contributed by atoms with E-state index in [2.05, 4.69) is 0 Å². The molecule has 0 aliphatic carbocycles. The summed E-state index contributed by atoms with van der Waals surface area (Å²) in [6.07, 6.45) is 0. The zero-order chi connectivity index (χ0) is 19.7. The molecule has 0 spiro atoms. The number of nitrogens with zero attached hydrogens (tertiary/aromatic N) is 1. The van der Waals surface area contributed by atoms with Crippen LogP contribution in [0.1, 0.15) is 5.56 Å². The van der Waals surface area contributed by atoms with E-state index in [-0.39, 0.29) is 11.1 Å². The Morgan fingerprint density at radius 3 is 1.82 bits per heavy atom. The fraction of sp³-hybridized carbons (Fsp3) is 0.0417. The van der Waals surface area contributed by atoms with Crippen molar-refractivity contribution in [1.82, 2.24) is 4.57 Å². The number of para-hydroxylation sites is 1. The van der Waals surface area contributed by atoms with Crippen LogP contribution in [-0.2, 0) is 0 Å². The summed E-state index contributed by atoms with van der Waals surface area (Å²) >= 11 is 0. The van der Waals surface area contributed by atoms with Crippen LogP contribution in [0.25, 0.3) is 28.2 Å². The van der Waals surface area contributed by atoms with Crippen LogP contribution in [0.3, 0.4) is 0 Å². The van der Waals surface area contributed by atoms with Gasteiger partial charge in [0.2, 0.25) is 0 Å². The Labute approximate surface area is 161 Å². The van der Waals surface area contributed by atoms with E-state index in [0.717, 1.165) is 0 Å². The highest BCUT2D eigenvalue weighted by Gasteiger charge is 2.21. The minimum Gasteiger partial charge on any atom is -0.304 e. The Morgan fingerprint density at radius 1 is 0.714 bits per heavy atom. The standard InChI is InChI=1S/C24H17F2NO/c1-16-22(28)15-21(17-9-4-2-5-10-17)27(23(16)18-11-6-3-7-12-18)24-19(25)13-8-14-20(24)26/h2-15H,1H3. The highest BCUT2D eigenvalue weighted by atomic mass is 19.1. The van der Waals surface area contributed by atoms with Gasteiger partial charge in [-0.05, 0) is 30.2 Å². The van der Waals surface area contributed by atoms with E-state index in [1.54, 1.807) is 6.92 Å². The van der Waals surface area contributed by atoms with Gasteiger partial charge < -0.3 is 4.57 Å². The third-order valence-electron chi connectivity index (χ3n) is 4.74. The Bertz CT molecular complexity index is 1180. The molecule has 0 saturated heterocycles. The molecule has 28 heavy (non-hydrogen) atoms. The van der Waals surface area contributed by atoms with Crippen LogP contribution in [-0.4, -0.2) is 4.57 Å². The van der Waals surface area contributed by atoms with Gasteiger partial charge in [-0.3, -0.25) is 4.79 Å². The Morgan fingerprint density at radius 2 is 1.25 bits per heavy atom. The molecule has 4 aromatic rings. The quantitative estimate of drug-likeness (QED) is 0.448. The van der Waals surface area contributed by atoms with Crippen molar-refractivity contribution in [1.29, 1.82) is 0 Å². The molecule has 138 valence electrons. The molecule has 1 aromatic heterocycles. The fourth-order valence-corrected chi connectivity index (χ4v) is 3.40. The third-order valence-corrected chi connectivity index (χ3v) is 4.74. The highest BCUT2D eigenvalue weighted by Crippen LogP contribution is 2.33. The van der Waals surface area contributed by atoms with Crippen LogP contribution >= 0.6 is 0 Å². The number of halogens is 2. The Balaban J connectivity index is 2.21. The molecule has 0 N–H and O–H groups in total. The molecule has 0 bridgehead atoms. The van der Waals surface area contributed by atoms with Gasteiger partial charge in [0.25, 0.3) is 0 Å². The zero-order valence-corrected chi connectivity index (χ0v) is 15.2. The molecule has 0 atom stereocenters. The third kappa shape index (κ3) is 3.03. The molecule has 2 nitrogen and oxygen atoms in total. The summed E-state index contributed by atoms with van der Waals surface area (Å²) in [5, 5.41) is 0. The van der Waals surface area contributed by atoms with E-state index in [4.69, 9.17) is 0 Å². The summed E-state index contributed by atoms with van der Waals surface area (Å²) in [4.78, 5) is 12.8. The molecule has 0 aliphatic rings. The van der Waals surface area contributed by atoms with Gasteiger partial charge in [0.05, 0.1) is 11.4 Å². The summed E-state index contributed by atoms with van der Waals surface area (Å²) in [5.41, 5.74) is 2.33. The number of pyridine rings is 1. The average Bonchev–Trinajstić information content (AvgIpc) is 2.71. The van der Waals surface area contributed by atoms with Crippen molar-refractivity contribution in [3.05, 3.63) is 112 Å². The second-order valence-electron chi connectivity index (χ2n) is 6.51. The molecule has 1 heterocycles.